The third-order valence-corrected chi connectivity index (χ3v) is 9.21. The molecular formula is C46H31N5. The van der Waals surface area contributed by atoms with Crippen LogP contribution in [0.4, 0.5) is 0 Å². The minimum Gasteiger partial charge on any atom is -0.251 e. The van der Waals surface area contributed by atoms with Gasteiger partial charge in [-0.05, 0) is 41.3 Å². The summed E-state index contributed by atoms with van der Waals surface area (Å²) in [4.78, 5) is 25.0. The van der Waals surface area contributed by atoms with Crippen LogP contribution in [0.2, 0.25) is 0 Å². The molecule has 0 atom stereocenters. The molecule has 5 nitrogen and oxygen atoms in total. The maximum absolute atomic E-state index is 5.18. The molecule has 9 rings (SSSR count). The number of fused-ring (bicyclic) bond motifs is 3. The standard InChI is InChI=1S/C46H31N5/c1-30-29-40(33-13-7-3-8-14-33)39-27-25-35-26-28-41(48-42(35)43(39)47-30)34-19-23-38(24-20-34)46-50-44(36-15-9-4-10-16-36)49-45(51-46)37-21-17-32(18-22-37)31-11-5-2-6-12-31/h2-29H,1H3. The predicted octanol–water partition coefficient (Wildman–Crippen LogP) is 11.3. The van der Waals surface area contributed by atoms with E-state index in [9.17, 15) is 0 Å². The van der Waals surface area contributed by atoms with E-state index in [0.29, 0.717) is 17.5 Å². The number of benzene rings is 6. The van der Waals surface area contributed by atoms with Crippen LogP contribution < -0.4 is 0 Å². The van der Waals surface area contributed by atoms with Crippen LogP contribution >= 0.6 is 0 Å². The van der Waals surface area contributed by atoms with Crippen LogP contribution in [0.5, 0.6) is 0 Å². The molecule has 0 aliphatic heterocycles. The van der Waals surface area contributed by atoms with Crippen molar-refractivity contribution in [2.45, 2.75) is 6.92 Å². The van der Waals surface area contributed by atoms with Crippen molar-refractivity contribution >= 4 is 21.8 Å². The molecule has 3 aromatic heterocycles. The number of pyridine rings is 2. The Morgan fingerprint density at radius 2 is 0.784 bits per heavy atom. The van der Waals surface area contributed by atoms with Gasteiger partial charge in [0.05, 0.1) is 16.7 Å². The molecule has 6 aromatic carbocycles. The van der Waals surface area contributed by atoms with Crippen molar-refractivity contribution in [1.29, 1.82) is 0 Å². The minimum absolute atomic E-state index is 0.614. The van der Waals surface area contributed by atoms with E-state index in [1.807, 2.05) is 49.4 Å². The average molecular weight is 654 g/mol. The van der Waals surface area contributed by atoms with Crippen molar-refractivity contribution in [3.05, 3.63) is 176 Å². The summed E-state index contributed by atoms with van der Waals surface area (Å²) in [6.45, 7) is 2.04. The maximum atomic E-state index is 5.18. The Labute approximate surface area is 296 Å². The summed E-state index contributed by atoms with van der Waals surface area (Å²) in [5, 5.41) is 2.15. The molecule has 0 saturated heterocycles. The van der Waals surface area contributed by atoms with Crippen molar-refractivity contribution in [1.82, 2.24) is 24.9 Å². The van der Waals surface area contributed by atoms with Crippen LogP contribution in [0.3, 0.4) is 0 Å². The zero-order chi connectivity index (χ0) is 34.1. The largest absolute Gasteiger partial charge is 0.251 e. The number of aromatic nitrogens is 5. The second-order valence-corrected chi connectivity index (χ2v) is 12.6. The van der Waals surface area contributed by atoms with Crippen LogP contribution in [-0.4, -0.2) is 24.9 Å². The zero-order valence-corrected chi connectivity index (χ0v) is 27.9. The van der Waals surface area contributed by atoms with E-state index in [0.717, 1.165) is 66.6 Å². The number of aryl methyl sites for hydroxylation is 1. The van der Waals surface area contributed by atoms with Gasteiger partial charge < -0.3 is 0 Å². The number of rotatable bonds is 6. The topological polar surface area (TPSA) is 64.5 Å². The molecule has 0 aliphatic carbocycles. The third-order valence-electron chi connectivity index (χ3n) is 9.21. The molecule has 0 radical (unpaired) electrons. The smallest absolute Gasteiger partial charge is 0.164 e. The molecule has 0 fully saturated rings. The van der Waals surface area contributed by atoms with E-state index >= 15 is 0 Å². The van der Waals surface area contributed by atoms with Crippen LogP contribution in [0, 0.1) is 6.92 Å². The Kier molecular flexibility index (Phi) is 7.63. The summed E-state index contributed by atoms with van der Waals surface area (Å²) < 4.78 is 0. The SMILES string of the molecule is Cc1cc(-c2ccccc2)c2ccc3ccc(-c4ccc(-c5nc(-c6ccccc6)nc(-c6ccc(-c7ccccc7)cc6)n5)cc4)nc3c2n1. The van der Waals surface area contributed by atoms with Gasteiger partial charge in [-0.2, -0.15) is 0 Å². The lowest BCUT2D eigenvalue weighted by atomic mass is 9.98. The number of hydrogen-bond acceptors (Lipinski definition) is 5. The highest BCUT2D eigenvalue weighted by Gasteiger charge is 2.15. The quantitative estimate of drug-likeness (QED) is 0.167. The molecule has 0 bridgehead atoms. The Morgan fingerprint density at radius 1 is 0.333 bits per heavy atom. The molecule has 9 aromatic rings. The Morgan fingerprint density at radius 3 is 1.37 bits per heavy atom. The highest BCUT2D eigenvalue weighted by Crippen LogP contribution is 2.34. The van der Waals surface area contributed by atoms with Crippen molar-refractivity contribution in [2.75, 3.05) is 0 Å². The van der Waals surface area contributed by atoms with Gasteiger partial charge in [-0.25, -0.2) is 19.9 Å². The molecule has 5 heteroatoms. The molecule has 0 unspecified atom stereocenters. The average Bonchev–Trinajstić information content (AvgIpc) is 3.21. The first-order valence-electron chi connectivity index (χ1n) is 17.0. The molecule has 0 N–H and O–H groups in total. The van der Waals surface area contributed by atoms with Gasteiger partial charge in [0.25, 0.3) is 0 Å². The van der Waals surface area contributed by atoms with Crippen LogP contribution in [0.1, 0.15) is 5.69 Å². The molecular weight excluding hydrogens is 623 g/mol. The van der Waals surface area contributed by atoms with Gasteiger partial charge in [0.2, 0.25) is 0 Å². The van der Waals surface area contributed by atoms with Crippen LogP contribution in [0.15, 0.2) is 170 Å². The van der Waals surface area contributed by atoms with Crippen molar-refractivity contribution in [3.63, 3.8) is 0 Å². The first-order valence-corrected chi connectivity index (χ1v) is 17.0. The van der Waals surface area contributed by atoms with Crippen molar-refractivity contribution in [2.24, 2.45) is 0 Å². The normalized spacial score (nSPS) is 11.2. The maximum Gasteiger partial charge on any atom is 0.164 e. The Balaban J connectivity index is 1.10. The van der Waals surface area contributed by atoms with Crippen LogP contribution in [-0.2, 0) is 0 Å². The number of hydrogen-bond donors (Lipinski definition) is 0. The summed E-state index contributed by atoms with van der Waals surface area (Å²) in [7, 11) is 0. The van der Waals surface area contributed by atoms with Gasteiger partial charge in [-0.3, -0.25) is 4.98 Å². The lowest BCUT2D eigenvalue weighted by molar-refractivity contribution is 1.07. The van der Waals surface area contributed by atoms with Gasteiger partial charge in [0.1, 0.15) is 0 Å². The first-order chi connectivity index (χ1) is 25.2. The third kappa shape index (κ3) is 5.91. The van der Waals surface area contributed by atoms with E-state index in [2.05, 4.69) is 127 Å². The highest BCUT2D eigenvalue weighted by atomic mass is 15.0. The fraction of sp³-hybridized carbons (Fsp3) is 0.0217. The first kappa shape index (κ1) is 30.2. The van der Waals surface area contributed by atoms with Crippen molar-refractivity contribution in [3.8, 4) is 67.7 Å². The molecule has 0 saturated carbocycles. The van der Waals surface area contributed by atoms with Crippen LogP contribution in [0.25, 0.3) is 89.5 Å². The second-order valence-electron chi connectivity index (χ2n) is 12.6. The summed E-state index contributed by atoms with van der Waals surface area (Å²) in [6, 6.07) is 58.2. The number of nitrogens with zero attached hydrogens (tertiary/aromatic N) is 5. The van der Waals surface area contributed by atoms with Gasteiger partial charge in [0, 0.05) is 38.7 Å². The Hall–Kier alpha value is -6.85. The summed E-state index contributed by atoms with van der Waals surface area (Å²) in [5.74, 6) is 1.87. The molecule has 240 valence electrons. The molecule has 3 heterocycles. The minimum atomic E-state index is 0.614. The fourth-order valence-electron chi connectivity index (χ4n) is 6.60. The summed E-state index contributed by atoms with van der Waals surface area (Å²) in [5.41, 5.74) is 12.1. The van der Waals surface area contributed by atoms with E-state index in [4.69, 9.17) is 24.9 Å². The zero-order valence-electron chi connectivity index (χ0n) is 27.9. The monoisotopic (exact) mass is 653 g/mol. The van der Waals surface area contributed by atoms with E-state index in [1.165, 1.54) is 11.1 Å². The van der Waals surface area contributed by atoms with E-state index < -0.39 is 0 Å². The summed E-state index contributed by atoms with van der Waals surface area (Å²) in [6.07, 6.45) is 0. The molecule has 51 heavy (non-hydrogen) atoms. The fourth-order valence-corrected chi connectivity index (χ4v) is 6.60. The molecule has 0 spiro atoms. The van der Waals surface area contributed by atoms with E-state index in [1.54, 1.807) is 0 Å². The van der Waals surface area contributed by atoms with Gasteiger partial charge in [-0.1, -0.05) is 158 Å². The predicted molar refractivity (Wildman–Crippen MR) is 208 cm³/mol. The molecule has 0 amide bonds. The second kappa shape index (κ2) is 12.9. The summed E-state index contributed by atoms with van der Waals surface area (Å²) >= 11 is 0. The van der Waals surface area contributed by atoms with Crippen molar-refractivity contribution < 1.29 is 0 Å². The van der Waals surface area contributed by atoms with E-state index in [-0.39, 0.29) is 0 Å². The lowest BCUT2D eigenvalue weighted by Gasteiger charge is -2.12. The highest BCUT2D eigenvalue weighted by molar-refractivity contribution is 6.08. The molecule has 0 aliphatic rings. The van der Waals surface area contributed by atoms with Gasteiger partial charge >= 0.3 is 0 Å². The van der Waals surface area contributed by atoms with Gasteiger partial charge in [-0.15, -0.1) is 0 Å². The lowest BCUT2D eigenvalue weighted by Crippen LogP contribution is -2.00. The van der Waals surface area contributed by atoms with Gasteiger partial charge in [0.15, 0.2) is 17.5 Å². The Bertz CT molecular complexity index is 2660.